The van der Waals surface area contributed by atoms with E-state index in [9.17, 15) is 0 Å². The van der Waals surface area contributed by atoms with E-state index in [1.807, 2.05) is 18.2 Å². The summed E-state index contributed by atoms with van der Waals surface area (Å²) in [4.78, 5) is 0. The topological polar surface area (TPSA) is 21.3 Å². The van der Waals surface area contributed by atoms with E-state index in [1.54, 1.807) is 0 Å². The Morgan fingerprint density at radius 1 is 1.35 bits per heavy atom. The fraction of sp³-hybridized carbons (Fsp3) is 0.647. The highest BCUT2D eigenvalue weighted by Crippen LogP contribution is 2.54. The minimum absolute atomic E-state index is 0.411. The van der Waals surface area contributed by atoms with Gasteiger partial charge in [-0.15, -0.1) is 0 Å². The van der Waals surface area contributed by atoms with Crippen LogP contribution in [0.5, 0.6) is 0 Å². The van der Waals surface area contributed by atoms with Crippen LogP contribution < -0.4 is 5.32 Å². The molecule has 2 fully saturated rings. The van der Waals surface area contributed by atoms with Gasteiger partial charge >= 0.3 is 0 Å². The van der Waals surface area contributed by atoms with Gasteiger partial charge in [0.25, 0.3) is 0 Å². The third-order valence-corrected chi connectivity index (χ3v) is 5.35. The standard InChI is InChI=1S/C17H24ClNO/c1-2-19-15-11-16(17(15)8-3-4-9-17)20-12-13-6-5-7-14(18)10-13/h5-7,10,15-16,19H,2-4,8-9,11-12H2,1H3. The third kappa shape index (κ3) is 2.61. The first-order chi connectivity index (χ1) is 9.74. The molecule has 1 aromatic carbocycles. The second-order valence-electron chi connectivity index (χ2n) is 6.22. The summed E-state index contributed by atoms with van der Waals surface area (Å²) in [5, 5.41) is 4.44. The number of nitrogens with one attached hydrogen (secondary N) is 1. The monoisotopic (exact) mass is 293 g/mol. The molecular formula is C17H24ClNO. The molecule has 2 aliphatic carbocycles. The summed E-state index contributed by atoms with van der Waals surface area (Å²) >= 11 is 6.03. The van der Waals surface area contributed by atoms with Crippen molar-refractivity contribution in [1.29, 1.82) is 0 Å². The normalized spacial score (nSPS) is 27.7. The molecule has 0 bridgehead atoms. The second kappa shape index (κ2) is 6.05. The van der Waals surface area contributed by atoms with Crippen molar-refractivity contribution in [2.75, 3.05) is 6.54 Å². The summed E-state index contributed by atoms with van der Waals surface area (Å²) in [5.74, 6) is 0. The Morgan fingerprint density at radius 2 is 2.15 bits per heavy atom. The van der Waals surface area contributed by atoms with E-state index in [-0.39, 0.29) is 0 Å². The number of hydrogen-bond acceptors (Lipinski definition) is 2. The Balaban J connectivity index is 1.60. The zero-order valence-electron chi connectivity index (χ0n) is 12.2. The number of halogens is 1. The van der Waals surface area contributed by atoms with Crippen molar-refractivity contribution in [3.63, 3.8) is 0 Å². The van der Waals surface area contributed by atoms with E-state index in [0.717, 1.165) is 18.0 Å². The van der Waals surface area contributed by atoms with Crippen LogP contribution in [0.2, 0.25) is 5.02 Å². The van der Waals surface area contributed by atoms with E-state index >= 15 is 0 Å². The largest absolute Gasteiger partial charge is 0.373 e. The Morgan fingerprint density at radius 3 is 2.85 bits per heavy atom. The minimum Gasteiger partial charge on any atom is -0.373 e. The van der Waals surface area contributed by atoms with Crippen LogP contribution in [0, 0.1) is 5.41 Å². The lowest BCUT2D eigenvalue weighted by atomic mass is 9.60. The van der Waals surface area contributed by atoms with Crippen molar-refractivity contribution in [1.82, 2.24) is 5.32 Å². The first-order valence-electron chi connectivity index (χ1n) is 7.84. The SMILES string of the molecule is CCNC1CC(OCc2cccc(Cl)c2)C12CCCC2. The molecule has 2 aliphatic rings. The lowest BCUT2D eigenvalue weighted by Gasteiger charge is -2.54. The van der Waals surface area contributed by atoms with Gasteiger partial charge in [0.15, 0.2) is 0 Å². The summed E-state index contributed by atoms with van der Waals surface area (Å²) in [6, 6.07) is 8.67. The van der Waals surface area contributed by atoms with Gasteiger partial charge in [0, 0.05) is 16.5 Å². The molecule has 0 aromatic heterocycles. The van der Waals surface area contributed by atoms with Gasteiger partial charge in [-0.1, -0.05) is 43.5 Å². The third-order valence-electron chi connectivity index (χ3n) is 5.11. The fourth-order valence-corrected chi connectivity index (χ4v) is 4.25. The lowest BCUT2D eigenvalue weighted by molar-refractivity contribution is -0.139. The van der Waals surface area contributed by atoms with Crippen LogP contribution in [-0.4, -0.2) is 18.7 Å². The predicted octanol–water partition coefficient (Wildman–Crippen LogP) is 4.17. The summed E-state index contributed by atoms with van der Waals surface area (Å²) < 4.78 is 6.23. The second-order valence-corrected chi connectivity index (χ2v) is 6.65. The maximum absolute atomic E-state index is 6.23. The quantitative estimate of drug-likeness (QED) is 0.880. The molecular weight excluding hydrogens is 270 g/mol. The van der Waals surface area contributed by atoms with Crippen LogP contribution in [0.3, 0.4) is 0 Å². The summed E-state index contributed by atoms with van der Waals surface area (Å²) in [5.41, 5.74) is 1.59. The Bertz CT molecular complexity index is 456. The van der Waals surface area contributed by atoms with Gasteiger partial charge in [-0.3, -0.25) is 0 Å². The lowest BCUT2D eigenvalue weighted by Crippen LogP contribution is -2.62. The molecule has 3 rings (SSSR count). The highest BCUT2D eigenvalue weighted by atomic mass is 35.5. The first-order valence-corrected chi connectivity index (χ1v) is 8.22. The molecule has 2 unspecified atom stereocenters. The van der Waals surface area contributed by atoms with E-state index < -0.39 is 0 Å². The number of hydrogen-bond donors (Lipinski definition) is 1. The van der Waals surface area contributed by atoms with Crippen molar-refractivity contribution in [3.05, 3.63) is 34.9 Å². The molecule has 1 N–H and O–H groups in total. The van der Waals surface area contributed by atoms with Gasteiger partial charge in [0.05, 0.1) is 12.7 Å². The molecule has 110 valence electrons. The van der Waals surface area contributed by atoms with Crippen molar-refractivity contribution in [3.8, 4) is 0 Å². The average molecular weight is 294 g/mol. The van der Waals surface area contributed by atoms with Gasteiger partial charge in [0.2, 0.25) is 0 Å². The summed E-state index contributed by atoms with van der Waals surface area (Å²) in [6.07, 6.45) is 6.95. The van der Waals surface area contributed by atoms with Crippen LogP contribution in [0.4, 0.5) is 0 Å². The Hall–Kier alpha value is -0.570. The van der Waals surface area contributed by atoms with E-state index in [1.165, 1.54) is 31.2 Å². The maximum atomic E-state index is 6.23. The molecule has 0 radical (unpaired) electrons. The minimum atomic E-state index is 0.411. The highest BCUT2D eigenvalue weighted by molar-refractivity contribution is 6.30. The molecule has 0 amide bonds. The van der Waals surface area contributed by atoms with Crippen molar-refractivity contribution in [2.24, 2.45) is 5.41 Å². The van der Waals surface area contributed by atoms with Crippen LogP contribution in [-0.2, 0) is 11.3 Å². The number of rotatable bonds is 5. The molecule has 0 aliphatic heterocycles. The van der Waals surface area contributed by atoms with Gasteiger partial charge < -0.3 is 10.1 Å². The zero-order chi connectivity index (χ0) is 14.0. The van der Waals surface area contributed by atoms with Gasteiger partial charge in [-0.25, -0.2) is 0 Å². The Labute approximate surface area is 126 Å². The van der Waals surface area contributed by atoms with E-state index in [2.05, 4.69) is 18.3 Å². The summed E-state index contributed by atoms with van der Waals surface area (Å²) in [7, 11) is 0. The molecule has 0 heterocycles. The van der Waals surface area contributed by atoms with E-state index in [0.29, 0.717) is 24.2 Å². The van der Waals surface area contributed by atoms with Gasteiger partial charge in [0.1, 0.15) is 0 Å². The van der Waals surface area contributed by atoms with Crippen LogP contribution in [0.15, 0.2) is 24.3 Å². The molecule has 3 heteroatoms. The number of benzene rings is 1. The smallest absolute Gasteiger partial charge is 0.0721 e. The maximum Gasteiger partial charge on any atom is 0.0721 e. The molecule has 0 saturated heterocycles. The van der Waals surface area contributed by atoms with Gasteiger partial charge in [-0.2, -0.15) is 0 Å². The predicted molar refractivity (Wildman–Crippen MR) is 83.0 cm³/mol. The molecule has 2 nitrogen and oxygen atoms in total. The van der Waals surface area contributed by atoms with Crippen LogP contribution >= 0.6 is 11.6 Å². The van der Waals surface area contributed by atoms with Crippen molar-refractivity contribution >= 4 is 11.6 Å². The molecule has 1 spiro atoms. The zero-order valence-corrected chi connectivity index (χ0v) is 13.0. The molecule has 2 saturated carbocycles. The average Bonchev–Trinajstić information content (AvgIpc) is 2.94. The van der Waals surface area contributed by atoms with Crippen molar-refractivity contribution < 1.29 is 4.74 Å². The van der Waals surface area contributed by atoms with Gasteiger partial charge in [-0.05, 0) is 43.5 Å². The summed E-state index contributed by atoms with van der Waals surface area (Å²) in [6.45, 7) is 3.95. The molecule has 1 aromatic rings. The van der Waals surface area contributed by atoms with Crippen molar-refractivity contribution in [2.45, 2.75) is 57.8 Å². The number of ether oxygens (including phenoxy) is 1. The first kappa shape index (κ1) is 14.4. The Kier molecular flexibility index (Phi) is 4.34. The molecule has 20 heavy (non-hydrogen) atoms. The van der Waals surface area contributed by atoms with Crippen LogP contribution in [0.1, 0.15) is 44.6 Å². The van der Waals surface area contributed by atoms with Crippen LogP contribution in [0.25, 0.3) is 0 Å². The molecule has 2 atom stereocenters. The fourth-order valence-electron chi connectivity index (χ4n) is 4.04. The van der Waals surface area contributed by atoms with E-state index in [4.69, 9.17) is 16.3 Å². The highest BCUT2D eigenvalue weighted by Gasteiger charge is 2.56.